The number of tetrazole rings is 1. The van der Waals surface area contributed by atoms with Crippen LogP contribution in [0.15, 0.2) is 54.9 Å². The SMILES string of the molecule is C[C@H](NC(=O)c1ccc2nc[nH]c2c1)c1nnnn1-c1ccccc1. The Hall–Kier alpha value is -3.55. The van der Waals surface area contributed by atoms with E-state index in [9.17, 15) is 4.79 Å². The van der Waals surface area contributed by atoms with Crippen LogP contribution in [0.25, 0.3) is 16.7 Å². The second-order valence-electron chi connectivity index (χ2n) is 5.61. The first kappa shape index (κ1) is 15.0. The first-order chi connectivity index (χ1) is 12.2. The minimum atomic E-state index is -0.361. The van der Waals surface area contributed by atoms with E-state index in [2.05, 4.69) is 30.8 Å². The summed E-state index contributed by atoms with van der Waals surface area (Å²) in [5, 5.41) is 14.7. The van der Waals surface area contributed by atoms with Gasteiger partial charge in [0.25, 0.3) is 5.91 Å². The largest absolute Gasteiger partial charge is 0.345 e. The molecule has 25 heavy (non-hydrogen) atoms. The van der Waals surface area contributed by atoms with Gasteiger partial charge in [-0.25, -0.2) is 4.98 Å². The fourth-order valence-electron chi connectivity index (χ4n) is 2.64. The Bertz CT molecular complexity index is 1020. The van der Waals surface area contributed by atoms with Crippen LogP contribution in [0.5, 0.6) is 0 Å². The first-order valence-electron chi connectivity index (χ1n) is 7.80. The standard InChI is InChI=1S/C17H15N7O/c1-11(16-21-22-23-24(16)13-5-3-2-4-6-13)20-17(25)12-7-8-14-15(9-12)19-10-18-14/h2-11H,1H3,(H,18,19)(H,20,25)/t11-/m0/s1. The number of amides is 1. The van der Waals surface area contributed by atoms with Crippen molar-refractivity contribution in [3.05, 3.63) is 66.2 Å². The highest BCUT2D eigenvalue weighted by Crippen LogP contribution is 2.16. The summed E-state index contributed by atoms with van der Waals surface area (Å²) < 4.78 is 1.61. The van der Waals surface area contributed by atoms with Crippen molar-refractivity contribution in [3.8, 4) is 5.69 Å². The molecule has 0 saturated heterocycles. The predicted octanol–water partition coefficient (Wildman–Crippen LogP) is 2.03. The van der Waals surface area contributed by atoms with Crippen molar-refractivity contribution in [2.75, 3.05) is 0 Å². The van der Waals surface area contributed by atoms with Gasteiger partial charge in [0.05, 0.1) is 29.1 Å². The summed E-state index contributed by atoms with van der Waals surface area (Å²) in [4.78, 5) is 19.7. The number of imidazole rings is 1. The van der Waals surface area contributed by atoms with Crippen LogP contribution in [0.2, 0.25) is 0 Å². The lowest BCUT2D eigenvalue weighted by molar-refractivity contribution is 0.0938. The summed E-state index contributed by atoms with van der Waals surface area (Å²) in [5.41, 5.74) is 3.01. The number of para-hydroxylation sites is 1. The molecule has 0 radical (unpaired) electrons. The fraction of sp³-hybridized carbons (Fsp3) is 0.118. The average molecular weight is 333 g/mol. The summed E-state index contributed by atoms with van der Waals surface area (Å²) in [7, 11) is 0. The molecule has 0 aliphatic rings. The summed E-state index contributed by atoms with van der Waals surface area (Å²) in [6.45, 7) is 1.85. The number of aromatic amines is 1. The number of H-pyrrole nitrogens is 1. The highest BCUT2D eigenvalue weighted by atomic mass is 16.1. The predicted molar refractivity (Wildman–Crippen MR) is 91.1 cm³/mol. The van der Waals surface area contributed by atoms with Crippen LogP contribution in [-0.2, 0) is 0 Å². The van der Waals surface area contributed by atoms with Gasteiger partial charge in [-0.05, 0) is 47.7 Å². The van der Waals surface area contributed by atoms with Crippen LogP contribution in [-0.4, -0.2) is 36.1 Å². The van der Waals surface area contributed by atoms with Crippen LogP contribution >= 0.6 is 0 Å². The number of aromatic nitrogens is 6. The van der Waals surface area contributed by atoms with Crippen LogP contribution < -0.4 is 5.32 Å². The van der Waals surface area contributed by atoms with Gasteiger partial charge >= 0.3 is 0 Å². The second kappa shape index (κ2) is 6.16. The third-order valence-corrected chi connectivity index (χ3v) is 3.91. The molecule has 0 unspecified atom stereocenters. The molecule has 0 fully saturated rings. The number of carbonyl (C=O) groups excluding carboxylic acids is 1. The van der Waals surface area contributed by atoms with E-state index in [1.807, 2.05) is 37.3 Å². The van der Waals surface area contributed by atoms with Gasteiger partial charge < -0.3 is 10.3 Å². The Balaban J connectivity index is 1.57. The Morgan fingerprint density at radius 3 is 2.88 bits per heavy atom. The number of rotatable bonds is 4. The number of nitrogens with one attached hydrogen (secondary N) is 2. The van der Waals surface area contributed by atoms with Gasteiger partial charge in [0.1, 0.15) is 0 Å². The fourth-order valence-corrected chi connectivity index (χ4v) is 2.64. The quantitative estimate of drug-likeness (QED) is 0.595. The molecule has 4 rings (SSSR count). The molecule has 4 aromatic rings. The Kier molecular flexibility index (Phi) is 3.70. The van der Waals surface area contributed by atoms with Crippen molar-refractivity contribution in [2.24, 2.45) is 0 Å². The first-order valence-corrected chi connectivity index (χ1v) is 7.80. The molecule has 0 aliphatic heterocycles. The molecule has 0 bridgehead atoms. The highest BCUT2D eigenvalue weighted by Gasteiger charge is 2.19. The lowest BCUT2D eigenvalue weighted by atomic mass is 10.1. The smallest absolute Gasteiger partial charge is 0.251 e. The Morgan fingerprint density at radius 2 is 2.04 bits per heavy atom. The zero-order valence-electron chi connectivity index (χ0n) is 13.4. The zero-order valence-corrected chi connectivity index (χ0v) is 13.4. The van der Waals surface area contributed by atoms with E-state index in [-0.39, 0.29) is 11.9 Å². The number of fused-ring (bicyclic) bond motifs is 1. The minimum Gasteiger partial charge on any atom is -0.345 e. The highest BCUT2D eigenvalue weighted by molar-refractivity contribution is 5.97. The number of benzene rings is 2. The maximum atomic E-state index is 12.5. The Labute approximate surface area is 142 Å². The van der Waals surface area contributed by atoms with Crippen LogP contribution in [0.3, 0.4) is 0 Å². The molecular formula is C17H15N7O. The third-order valence-electron chi connectivity index (χ3n) is 3.91. The van der Waals surface area contributed by atoms with Crippen LogP contribution in [0.1, 0.15) is 29.1 Å². The number of carbonyl (C=O) groups is 1. The average Bonchev–Trinajstić information content (AvgIpc) is 3.31. The van der Waals surface area contributed by atoms with Crippen molar-refractivity contribution in [3.63, 3.8) is 0 Å². The van der Waals surface area contributed by atoms with E-state index in [0.717, 1.165) is 16.7 Å². The molecule has 2 N–H and O–H groups in total. The lowest BCUT2D eigenvalue weighted by Gasteiger charge is -2.13. The summed E-state index contributed by atoms with van der Waals surface area (Å²) in [6, 6.07) is 14.5. The summed E-state index contributed by atoms with van der Waals surface area (Å²) >= 11 is 0. The molecule has 124 valence electrons. The second-order valence-corrected chi connectivity index (χ2v) is 5.61. The van der Waals surface area contributed by atoms with Gasteiger partial charge in [0.2, 0.25) is 0 Å². The zero-order chi connectivity index (χ0) is 17.2. The molecule has 2 heterocycles. The molecule has 1 atom stereocenters. The van der Waals surface area contributed by atoms with E-state index < -0.39 is 0 Å². The maximum absolute atomic E-state index is 12.5. The molecule has 0 spiro atoms. The van der Waals surface area contributed by atoms with Crippen molar-refractivity contribution < 1.29 is 4.79 Å². The molecule has 8 heteroatoms. The normalized spacial score (nSPS) is 12.2. The number of hydrogen-bond donors (Lipinski definition) is 2. The lowest BCUT2D eigenvalue weighted by Crippen LogP contribution is -2.28. The monoisotopic (exact) mass is 333 g/mol. The molecule has 0 aliphatic carbocycles. The van der Waals surface area contributed by atoms with Crippen molar-refractivity contribution >= 4 is 16.9 Å². The maximum Gasteiger partial charge on any atom is 0.251 e. The van der Waals surface area contributed by atoms with Crippen molar-refractivity contribution in [1.82, 2.24) is 35.5 Å². The van der Waals surface area contributed by atoms with Gasteiger partial charge in [-0.2, -0.15) is 4.68 Å². The van der Waals surface area contributed by atoms with Gasteiger partial charge in [0.15, 0.2) is 5.82 Å². The number of hydrogen-bond acceptors (Lipinski definition) is 5. The molecule has 0 saturated carbocycles. The topological polar surface area (TPSA) is 101 Å². The molecule has 2 aromatic carbocycles. The summed E-state index contributed by atoms with van der Waals surface area (Å²) in [5.74, 6) is 0.355. The minimum absolute atomic E-state index is 0.202. The molecule has 2 aromatic heterocycles. The van der Waals surface area contributed by atoms with Crippen LogP contribution in [0, 0.1) is 0 Å². The van der Waals surface area contributed by atoms with Crippen molar-refractivity contribution in [2.45, 2.75) is 13.0 Å². The van der Waals surface area contributed by atoms with E-state index in [1.54, 1.807) is 29.2 Å². The number of nitrogens with zero attached hydrogens (tertiary/aromatic N) is 5. The van der Waals surface area contributed by atoms with Crippen LogP contribution in [0.4, 0.5) is 0 Å². The molecule has 8 nitrogen and oxygen atoms in total. The van der Waals surface area contributed by atoms with E-state index >= 15 is 0 Å². The van der Waals surface area contributed by atoms with E-state index in [0.29, 0.717) is 11.4 Å². The Morgan fingerprint density at radius 1 is 1.20 bits per heavy atom. The van der Waals surface area contributed by atoms with Gasteiger partial charge in [0, 0.05) is 5.56 Å². The van der Waals surface area contributed by atoms with E-state index in [1.165, 1.54) is 0 Å². The molecular weight excluding hydrogens is 318 g/mol. The van der Waals surface area contributed by atoms with Gasteiger partial charge in [-0.1, -0.05) is 18.2 Å². The molecule has 1 amide bonds. The van der Waals surface area contributed by atoms with Crippen molar-refractivity contribution in [1.29, 1.82) is 0 Å². The van der Waals surface area contributed by atoms with Gasteiger partial charge in [-0.15, -0.1) is 5.10 Å². The van der Waals surface area contributed by atoms with Gasteiger partial charge in [-0.3, -0.25) is 4.79 Å². The summed E-state index contributed by atoms with van der Waals surface area (Å²) in [6.07, 6.45) is 1.60. The van der Waals surface area contributed by atoms with E-state index in [4.69, 9.17) is 0 Å². The third kappa shape index (κ3) is 2.85.